The van der Waals surface area contributed by atoms with Crippen LogP contribution in [0.1, 0.15) is 37.4 Å². The fraction of sp³-hybridized carbons (Fsp3) is 0.286. The standard InChI is InChI=1S/C21H24ClNO2/c1-15(2)14-20(17-8-11-18(25-3)12-9-17)23-21(24)13-10-16-6-4-5-7-19(16)22/h4-13,15,20H,14H2,1-3H3,(H,23,24)/b13-10+. The summed E-state index contributed by atoms with van der Waals surface area (Å²) >= 11 is 6.11. The van der Waals surface area contributed by atoms with E-state index in [-0.39, 0.29) is 11.9 Å². The number of carbonyl (C=O) groups is 1. The van der Waals surface area contributed by atoms with E-state index in [0.717, 1.165) is 23.3 Å². The Kier molecular flexibility index (Phi) is 7.08. The fourth-order valence-electron chi connectivity index (χ4n) is 2.58. The Morgan fingerprint density at radius 2 is 1.84 bits per heavy atom. The van der Waals surface area contributed by atoms with Crippen LogP contribution in [0.25, 0.3) is 6.08 Å². The Hall–Kier alpha value is -2.26. The molecular weight excluding hydrogens is 334 g/mol. The van der Waals surface area contributed by atoms with Crippen LogP contribution in [0.15, 0.2) is 54.6 Å². The third-order valence-corrected chi connectivity index (χ3v) is 4.21. The molecule has 0 bridgehead atoms. The maximum Gasteiger partial charge on any atom is 0.244 e. The molecular formula is C21H24ClNO2. The number of benzene rings is 2. The Morgan fingerprint density at radius 1 is 1.16 bits per heavy atom. The van der Waals surface area contributed by atoms with Gasteiger partial charge in [-0.3, -0.25) is 4.79 Å². The molecule has 1 N–H and O–H groups in total. The molecule has 0 saturated heterocycles. The molecule has 0 heterocycles. The summed E-state index contributed by atoms with van der Waals surface area (Å²) in [6.07, 6.45) is 4.12. The molecule has 0 fully saturated rings. The lowest BCUT2D eigenvalue weighted by atomic mass is 9.97. The van der Waals surface area contributed by atoms with Gasteiger partial charge in [0.1, 0.15) is 5.75 Å². The number of hydrogen-bond donors (Lipinski definition) is 1. The molecule has 0 aromatic heterocycles. The summed E-state index contributed by atoms with van der Waals surface area (Å²) in [4.78, 5) is 12.4. The third-order valence-electron chi connectivity index (χ3n) is 3.86. The zero-order valence-electron chi connectivity index (χ0n) is 14.8. The van der Waals surface area contributed by atoms with Crippen LogP contribution in [-0.4, -0.2) is 13.0 Å². The predicted molar refractivity (Wildman–Crippen MR) is 104 cm³/mol. The first-order valence-electron chi connectivity index (χ1n) is 8.36. The Bertz CT molecular complexity index is 723. The van der Waals surface area contributed by atoms with Crippen LogP contribution in [0.5, 0.6) is 5.75 Å². The van der Waals surface area contributed by atoms with E-state index in [0.29, 0.717) is 10.9 Å². The molecule has 1 atom stereocenters. The van der Waals surface area contributed by atoms with E-state index < -0.39 is 0 Å². The topological polar surface area (TPSA) is 38.3 Å². The SMILES string of the molecule is COc1ccc(C(CC(C)C)NC(=O)/C=C/c2ccccc2Cl)cc1. The van der Waals surface area contributed by atoms with Crippen molar-refractivity contribution >= 4 is 23.6 Å². The van der Waals surface area contributed by atoms with Crippen molar-refractivity contribution in [1.29, 1.82) is 0 Å². The number of amides is 1. The second-order valence-corrected chi connectivity index (χ2v) is 6.73. The highest BCUT2D eigenvalue weighted by atomic mass is 35.5. The molecule has 4 heteroatoms. The molecule has 0 aliphatic rings. The number of hydrogen-bond acceptors (Lipinski definition) is 2. The van der Waals surface area contributed by atoms with E-state index in [9.17, 15) is 4.79 Å². The summed E-state index contributed by atoms with van der Waals surface area (Å²) in [7, 11) is 1.64. The van der Waals surface area contributed by atoms with Gasteiger partial charge in [-0.15, -0.1) is 0 Å². The summed E-state index contributed by atoms with van der Waals surface area (Å²) in [5.74, 6) is 1.12. The number of halogens is 1. The van der Waals surface area contributed by atoms with Crippen LogP contribution in [0, 0.1) is 5.92 Å². The van der Waals surface area contributed by atoms with Gasteiger partial charge in [0.05, 0.1) is 13.2 Å². The zero-order valence-corrected chi connectivity index (χ0v) is 15.6. The largest absolute Gasteiger partial charge is 0.497 e. The van der Waals surface area contributed by atoms with Gasteiger partial charge in [0, 0.05) is 11.1 Å². The zero-order chi connectivity index (χ0) is 18.2. The average Bonchev–Trinajstić information content (AvgIpc) is 2.60. The molecule has 2 aromatic rings. The van der Waals surface area contributed by atoms with Crippen LogP contribution < -0.4 is 10.1 Å². The van der Waals surface area contributed by atoms with Gasteiger partial charge in [-0.25, -0.2) is 0 Å². The summed E-state index contributed by atoms with van der Waals surface area (Å²) < 4.78 is 5.20. The number of carbonyl (C=O) groups excluding carboxylic acids is 1. The average molecular weight is 358 g/mol. The third kappa shape index (κ3) is 5.95. The van der Waals surface area contributed by atoms with Crippen molar-refractivity contribution < 1.29 is 9.53 Å². The van der Waals surface area contributed by atoms with Crippen LogP contribution in [0.3, 0.4) is 0 Å². The molecule has 0 radical (unpaired) electrons. The predicted octanol–water partition coefficient (Wildman–Crippen LogP) is 5.27. The molecule has 132 valence electrons. The lowest BCUT2D eigenvalue weighted by Gasteiger charge is -2.20. The van der Waals surface area contributed by atoms with Crippen LogP contribution in [-0.2, 0) is 4.79 Å². The van der Waals surface area contributed by atoms with Crippen molar-refractivity contribution in [3.8, 4) is 5.75 Å². The summed E-state index contributed by atoms with van der Waals surface area (Å²) in [6, 6.07) is 15.2. The maximum atomic E-state index is 12.4. The number of rotatable bonds is 7. The van der Waals surface area contributed by atoms with Crippen molar-refractivity contribution in [3.05, 3.63) is 70.8 Å². The Morgan fingerprint density at radius 3 is 2.44 bits per heavy atom. The van der Waals surface area contributed by atoms with E-state index >= 15 is 0 Å². The Balaban J connectivity index is 2.10. The maximum absolute atomic E-state index is 12.4. The first-order valence-corrected chi connectivity index (χ1v) is 8.74. The van der Waals surface area contributed by atoms with E-state index in [1.54, 1.807) is 19.3 Å². The first kappa shape index (κ1) is 19.1. The van der Waals surface area contributed by atoms with E-state index in [4.69, 9.17) is 16.3 Å². The second-order valence-electron chi connectivity index (χ2n) is 6.32. The lowest BCUT2D eigenvalue weighted by molar-refractivity contribution is -0.117. The molecule has 0 aliphatic heterocycles. The van der Waals surface area contributed by atoms with Gasteiger partial charge in [0.15, 0.2) is 0 Å². The molecule has 1 unspecified atom stereocenters. The summed E-state index contributed by atoms with van der Waals surface area (Å²) in [5, 5.41) is 3.71. The summed E-state index contributed by atoms with van der Waals surface area (Å²) in [6.45, 7) is 4.28. The Labute approximate surface area is 154 Å². The lowest BCUT2D eigenvalue weighted by Crippen LogP contribution is -2.27. The molecule has 2 aromatic carbocycles. The first-order chi connectivity index (χ1) is 12.0. The monoisotopic (exact) mass is 357 g/mol. The molecule has 25 heavy (non-hydrogen) atoms. The summed E-state index contributed by atoms with van der Waals surface area (Å²) in [5.41, 5.74) is 1.89. The number of nitrogens with one attached hydrogen (secondary N) is 1. The minimum absolute atomic E-state index is 0.0469. The van der Waals surface area contributed by atoms with Crippen molar-refractivity contribution in [1.82, 2.24) is 5.32 Å². The van der Waals surface area contributed by atoms with Crippen molar-refractivity contribution in [2.24, 2.45) is 5.92 Å². The highest BCUT2D eigenvalue weighted by Crippen LogP contribution is 2.24. The molecule has 0 spiro atoms. The minimum Gasteiger partial charge on any atom is -0.497 e. The molecule has 2 rings (SSSR count). The van der Waals surface area contributed by atoms with Gasteiger partial charge in [-0.2, -0.15) is 0 Å². The smallest absolute Gasteiger partial charge is 0.244 e. The minimum atomic E-state index is -0.138. The molecule has 3 nitrogen and oxygen atoms in total. The van der Waals surface area contributed by atoms with Gasteiger partial charge in [0.25, 0.3) is 0 Å². The molecule has 0 saturated carbocycles. The van der Waals surface area contributed by atoms with Crippen molar-refractivity contribution in [2.45, 2.75) is 26.3 Å². The number of ether oxygens (including phenoxy) is 1. The molecule has 1 amide bonds. The highest BCUT2D eigenvalue weighted by molar-refractivity contribution is 6.32. The van der Waals surface area contributed by atoms with Crippen LogP contribution in [0.2, 0.25) is 5.02 Å². The van der Waals surface area contributed by atoms with Gasteiger partial charge in [0.2, 0.25) is 5.91 Å². The van der Waals surface area contributed by atoms with E-state index in [2.05, 4.69) is 19.2 Å². The fourth-order valence-corrected chi connectivity index (χ4v) is 2.78. The van der Waals surface area contributed by atoms with E-state index in [1.165, 1.54) is 6.08 Å². The van der Waals surface area contributed by atoms with E-state index in [1.807, 2.05) is 42.5 Å². The van der Waals surface area contributed by atoms with Gasteiger partial charge in [-0.1, -0.05) is 55.8 Å². The molecule has 0 aliphatic carbocycles. The van der Waals surface area contributed by atoms with Crippen LogP contribution >= 0.6 is 11.6 Å². The van der Waals surface area contributed by atoms with Crippen LogP contribution in [0.4, 0.5) is 0 Å². The van der Waals surface area contributed by atoms with Gasteiger partial charge >= 0.3 is 0 Å². The van der Waals surface area contributed by atoms with Crippen molar-refractivity contribution in [3.63, 3.8) is 0 Å². The highest BCUT2D eigenvalue weighted by Gasteiger charge is 2.15. The number of methoxy groups -OCH3 is 1. The normalized spacial score (nSPS) is 12.4. The van der Waals surface area contributed by atoms with Crippen molar-refractivity contribution in [2.75, 3.05) is 7.11 Å². The van der Waals surface area contributed by atoms with Gasteiger partial charge < -0.3 is 10.1 Å². The van der Waals surface area contributed by atoms with Gasteiger partial charge in [-0.05, 0) is 47.7 Å². The quantitative estimate of drug-likeness (QED) is 0.686. The second kappa shape index (κ2) is 9.28.